The summed E-state index contributed by atoms with van der Waals surface area (Å²) in [6, 6.07) is 0.988. The number of nitrogens with one attached hydrogen (secondary N) is 1. The number of nitrogens with zero attached hydrogens (tertiary/aromatic N) is 2. The van der Waals surface area contributed by atoms with Gasteiger partial charge in [0.15, 0.2) is 5.01 Å². The van der Waals surface area contributed by atoms with Crippen molar-refractivity contribution in [3.8, 4) is 6.07 Å². The van der Waals surface area contributed by atoms with E-state index in [0.717, 1.165) is 0 Å². The van der Waals surface area contributed by atoms with E-state index in [2.05, 4.69) is 10.3 Å². The second kappa shape index (κ2) is 7.62. The van der Waals surface area contributed by atoms with Crippen molar-refractivity contribution in [2.24, 2.45) is 0 Å². The number of nitriles is 1. The van der Waals surface area contributed by atoms with Gasteiger partial charge in [-0.2, -0.15) is 5.26 Å². The third kappa shape index (κ3) is 7.42. The molecule has 0 aliphatic carbocycles. The third-order valence-electron chi connectivity index (χ3n) is 2.44. The van der Waals surface area contributed by atoms with Crippen molar-refractivity contribution < 1.29 is 19.1 Å². The molecule has 132 valence electrons. The van der Waals surface area contributed by atoms with Crippen LogP contribution in [0.2, 0.25) is 0 Å². The SMILES string of the molecule is CC(C)(C)OC(=O)N[C@@H](Cc1csc(C#N)n1)C(=O)OC(C)(C)C. The molecule has 1 atom stereocenters. The average Bonchev–Trinajstić information content (AvgIpc) is 2.81. The zero-order chi connectivity index (χ0) is 18.5. The van der Waals surface area contributed by atoms with Crippen LogP contribution in [0.5, 0.6) is 0 Å². The molecule has 0 saturated heterocycles. The molecule has 0 aromatic carbocycles. The zero-order valence-electron chi connectivity index (χ0n) is 14.8. The first-order chi connectivity index (χ1) is 10.9. The zero-order valence-corrected chi connectivity index (χ0v) is 15.6. The van der Waals surface area contributed by atoms with Gasteiger partial charge in [-0.1, -0.05) is 0 Å². The first-order valence-corrected chi connectivity index (χ1v) is 8.34. The topological polar surface area (TPSA) is 101 Å². The van der Waals surface area contributed by atoms with E-state index < -0.39 is 29.3 Å². The Morgan fingerprint density at radius 2 is 1.83 bits per heavy atom. The molecule has 24 heavy (non-hydrogen) atoms. The van der Waals surface area contributed by atoms with Gasteiger partial charge in [0.25, 0.3) is 0 Å². The monoisotopic (exact) mass is 353 g/mol. The smallest absolute Gasteiger partial charge is 0.408 e. The van der Waals surface area contributed by atoms with Crippen molar-refractivity contribution in [1.29, 1.82) is 5.26 Å². The highest BCUT2D eigenvalue weighted by molar-refractivity contribution is 7.10. The molecule has 1 aromatic rings. The third-order valence-corrected chi connectivity index (χ3v) is 3.24. The summed E-state index contributed by atoms with van der Waals surface area (Å²) >= 11 is 1.18. The van der Waals surface area contributed by atoms with E-state index in [1.807, 2.05) is 6.07 Å². The summed E-state index contributed by atoms with van der Waals surface area (Å²) in [5, 5.41) is 13.3. The van der Waals surface area contributed by atoms with Crippen LogP contribution in [-0.4, -0.2) is 34.3 Å². The van der Waals surface area contributed by atoms with Gasteiger partial charge in [-0.25, -0.2) is 14.6 Å². The maximum absolute atomic E-state index is 12.4. The molecule has 1 aromatic heterocycles. The Balaban J connectivity index is 2.88. The Labute approximate surface area is 146 Å². The van der Waals surface area contributed by atoms with Gasteiger partial charge in [-0.05, 0) is 41.5 Å². The summed E-state index contributed by atoms with van der Waals surface area (Å²) in [6.07, 6.45) is -0.596. The quantitative estimate of drug-likeness (QED) is 0.835. The Kier molecular flexibility index (Phi) is 6.32. The average molecular weight is 353 g/mol. The molecule has 0 unspecified atom stereocenters. The van der Waals surface area contributed by atoms with Crippen LogP contribution in [0.1, 0.15) is 52.2 Å². The van der Waals surface area contributed by atoms with Crippen LogP contribution in [0, 0.1) is 11.3 Å². The van der Waals surface area contributed by atoms with Gasteiger partial charge in [-0.15, -0.1) is 11.3 Å². The number of ether oxygens (including phenoxy) is 2. The van der Waals surface area contributed by atoms with Gasteiger partial charge in [0.2, 0.25) is 0 Å². The highest BCUT2D eigenvalue weighted by Gasteiger charge is 2.29. The fourth-order valence-corrected chi connectivity index (χ4v) is 2.30. The number of hydrogen-bond donors (Lipinski definition) is 1. The lowest BCUT2D eigenvalue weighted by atomic mass is 10.1. The molecule has 0 radical (unpaired) electrons. The van der Waals surface area contributed by atoms with Crippen molar-refractivity contribution >= 4 is 23.4 Å². The number of alkyl carbamates (subject to hydrolysis) is 1. The standard InChI is InChI=1S/C16H23N3O4S/c1-15(2,3)22-13(20)11(19-14(21)23-16(4,5)6)7-10-9-24-12(8-17)18-10/h9,11H,7H2,1-6H3,(H,19,21)/t11-/m0/s1. The van der Waals surface area contributed by atoms with Crippen LogP contribution in [-0.2, 0) is 20.7 Å². The molecule has 0 aliphatic rings. The minimum atomic E-state index is -0.951. The normalized spacial score (nSPS) is 12.9. The van der Waals surface area contributed by atoms with Crippen molar-refractivity contribution in [3.05, 3.63) is 16.1 Å². The van der Waals surface area contributed by atoms with Crippen LogP contribution in [0.4, 0.5) is 4.79 Å². The molecular formula is C16H23N3O4S. The molecule has 0 saturated carbocycles. The van der Waals surface area contributed by atoms with Crippen LogP contribution >= 0.6 is 11.3 Å². The van der Waals surface area contributed by atoms with Crippen molar-refractivity contribution in [1.82, 2.24) is 10.3 Å². The number of thiazole rings is 1. The van der Waals surface area contributed by atoms with E-state index in [1.165, 1.54) is 11.3 Å². The van der Waals surface area contributed by atoms with Gasteiger partial charge in [0.1, 0.15) is 23.3 Å². The number of carbonyl (C=O) groups excluding carboxylic acids is 2. The summed E-state index contributed by atoms with van der Waals surface area (Å²) in [7, 11) is 0. The molecule has 7 nitrogen and oxygen atoms in total. The molecule has 1 heterocycles. The maximum atomic E-state index is 12.4. The number of esters is 1. The molecule has 1 N–H and O–H groups in total. The van der Waals surface area contributed by atoms with Crippen molar-refractivity contribution in [3.63, 3.8) is 0 Å². The van der Waals surface area contributed by atoms with E-state index in [4.69, 9.17) is 14.7 Å². The number of amides is 1. The largest absolute Gasteiger partial charge is 0.458 e. The van der Waals surface area contributed by atoms with Gasteiger partial charge in [-0.3, -0.25) is 0 Å². The molecule has 0 aliphatic heterocycles. The summed E-state index contributed by atoms with van der Waals surface area (Å²) in [5.74, 6) is -0.583. The van der Waals surface area contributed by atoms with E-state index >= 15 is 0 Å². The number of hydrogen-bond acceptors (Lipinski definition) is 7. The minimum absolute atomic E-state index is 0.117. The Morgan fingerprint density at radius 3 is 2.29 bits per heavy atom. The van der Waals surface area contributed by atoms with Gasteiger partial charge < -0.3 is 14.8 Å². The molecule has 0 spiro atoms. The fraction of sp³-hybridized carbons (Fsp3) is 0.625. The lowest BCUT2D eigenvalue weighted by Crippen LogP contribution is -2.47. The predicted molar refractivity (Wildman–Crippen MR) is 89.5 cm³/mol. The molecular weight excluding hydrogens is 330 g/mol. The predicted octanol–water partition coefficient (Wildman–Crippen LogP) is 2.79. The van der Waals surface area contributed by atoms with E-state index in [0.29, 0.717) is 10.7 Å². The lowest BCUT2D eigenvalue weighted by Gasteiger charge is -2.26. The van der Waals surface area contributed by atoms with Crippen LogP contribution in [0.25, 0.3) is 0 Å². The van der Waals surface area contributed by atoms with Crippen molar-refractivity contribution in [2.45, 2.75) is 65.2 Å². The summed E-state index contributed by atoms with van der Waals surface area (Å²) in [6.45, 7) is 10.4. The number of carbonyl (C=O) groups is 2. The summed E-state index contributed by atoms with van der Waals surface area (Å²) < 4.78 is 10.5. The highest BCUT2D eigenvalue weighted by Crippen LogP contribution is 2.15. The first kappa shape index (κ1) is 19.9. The Bertz CT molecular complexity index is 635. The molecule has 0 bridgehead atoms. The highest BCUT2D eigenvalue weighted by atomic mass is 32.1. The second-order valence-electron chi connectivity index (χ2n) is 7.19. The van der Waals surface area contributed by atoms with E-state index in [9.17, 15) is 9.59 Å². The molecule has 8 heteroatoms. The van der Waals surface area contributed by atoms with Crippen LogP contribution in [0.15, 0.2) is 5.38 Å². The Hall–Kier alpha value is -2.14. The second-order valence-corrected chi connectivity index (χ2v) is 8.05. The molecule has 0 fully saturated rings. The summed E-state index contributed by atoms with van der Waals surface area (Å²) in [4.78, 5) is 28.4. The molecule has 1 amide bonds. The van der Waals surface area contributed by atoms with E-state index in [-0.39, 0.29) is 6.42 Å². The maximum Gasteiger partial charge on any atom is 0.408 e. The van der Waals surface area contributed by atoms with Gasteiger partial charge >= 0.3 is 12.1 Å². The molecule has 1 rings (SSSR count). The Morgan fingerprint density at radius 1 is 1.25 bits per heavy atom. The summed E-state index contributed by atoms with van der Waals surface area (Å²) in [5.41, 5.74) is -0.842. The number of aromatic nitrogens is 1. The first-order valence-electron chi connectivity index (χ1n) is 7.46. The number of rotatable bonds is 4. The van der Waals surface area contributed by atoms with Crippen molar-refractivity contribution in [2.75, 3.05) is 0 Å². The minimum Gasteiger partial charge on any atom is -0.458 e. The van der Waals surface area contributed by atoms with Gasteiger partial charge in [0.05, 0.1) is 5.69 Å². The lowest BCUT2D eigenvalue weighted by molar-refractivity contribution is -0.157. The van der Waals surface area contributed by atoms with E-state index in [1.54, 1.807) is 46.9 Å². The van der Waals surface area contributed by atoms with Crippen LogP contribution < -0.4 is 5.32 Å². The fourth-order valence-electron chi connectivity index (χ4n) is 1.68. The van der Waals surface area contributed by atoms with Crippen LogP contribution in [0.3, 0.4) is 0 Å². The van der Waals surface area contributed by atoms with Gasteiger partial charge in [0, 0.05) is 11.8 Å².